The molecule has 126 valence electrons. The number of tetrazole rings is 1. The van der Waals surface area contributed by atoms with E-state index in [2.05, 4.69) is 29.4 Å². The molecule has 0 spiro atoms. The van der Waals surface area contributed by atoms with E-state index < -0.39 is 0 Å². The molecule has 0 N–H and O–H groups in total. The third kappa shape index (κ3) is 2.63. The predicted octanol–water partition coefficient (Wildman–Crippen LogP) is 3.52. The lowest BCUT2D eigenvalue weighted by Crippen LogP contribution is -2.51. The number of carbonyl (C=O) groups excluding carboxylic acids is 1. The van der Waals surface area contributed by atoms with Gasteiger partial charge in [0.15, 0.2) is 5.78 Å². The van der Waals surface area contributed by atoms with E-state index in [1.165, 1.54) is 31.0 Å². The van der Waals surface area contributed by atoms with E-state index in [1.807, 2.05) is 11.6 Å². The number of ketones is 1. The van der Waals surface area contributed by atoms with Gasteiger partial charge in [0, 0.05) is 5.41 Å². The van der Waals surface area contributed by atoms with Crippen molar-refractivity contribution in [1.82, 2.24) is 20.2 Å². The first-order chi connectivity index (χ1) is 11.0. The van der Waals surface area contributed by atoms with Crippen LogP contribution >= 0.6 is 11.8 Å². The molecule has 0 amide bonds. The first-order valence-electron chi connectivity index (χ1n) is 8.95. The number of aromatic nitrogens is 4. The summed E-state index contributed by atoms with van der Waals surface area (Å²) in [7, 11) is 0. The Labute approximate surface area is 142 Å². The number of nitrogens with zero attached hydrogens (tertiary/aromatic N) is 4. The van der Waals surface area contributed by atoms with Gasteiger partial charge in [0.05, 0.1) is 11.3 Å². The molecule has 4 bridgehead atoms. The largest absolute Gasteiger partial charge is 0.298 e. The second-order valence-electron chi connectivity index (χ2n) is 8.32. The average molecular weight is 334 g/mol. The Bertz CT molecular complexity index is 576. The van der Waals surface area contributed by atoms with Crippen LogP contribution in [0.4, 0.5) is 0 Å². The van der Waals surface area contributed by atoms with Crippen LogP contribution in [0.25, 0.3) is 0 Å². The molecule has 23 heavy (non-hydrogen) atoms. The number of hydrogen-bond donors (Lipinski definition) is 0. The molecule has 1 atom stereocenters. The second-order valence-corrected chi connectivity index (χ2v) is 9.63. The monoisotopic (exact) mass is 334 g/mol. The summed E-state index contributed by atoms with van der Waals surface area (Å²) in [6.45, 7) is 6.17. The highest BCUT2D eigenvalue weighted by atomic mass is 32.2. The van der Waals surface area contributed by atoms with Crippen molar-refractivity contribution in [2.45, 2.75) is 75.7 Å². The van der Waals surface area contributed by atoms with E-state index in [9.17, 15) is 4.79 Å². The molecule has 4 aliphatic rings. The van der Waals surface area contributed by atoms with Crippen molar-refractivity contribution in [2.75, 3.05) is 0 Å². The molecule has 0 aromatic carbocycles. The standard InChI is InChI=1S/C17H26N4OS/c1-10(2)21-16(18-19-20-21)23-11(3)15(22)17-7-12-4-13(8-17)6-14(5-12)9-17/h10-14H,4-9H2,1-3H3/t11-,12?,13?,14?,17?/m0/s1. The minimum Gasteiger partial charge on any atom is -0.298 e. The number of thioether (sulfide) groups is 1. The Morgan fingerprint density at radius 1 is 1.13 bits per heavy atom. The van der Waals surface area contributed by atoms with E-state index in [4.69, 9.17) is 0 Å². The van der Waals surface area contributed by atoms with Crippen molar-refractivity contribution in [2.24, 2.45) is 23.2 Å². The minimum absolute atomic E-state index is 0.0305. The summed E-state index contributed by atoms with van der Waals surface area (Å²) in [6.07, 6.45) is 7.53. The summed E-state index contributed by atoms with van der Waals surface area (Å²) in [5, 5.41) is 12.7. The van der Waals surface area contributed by atoms with Gasteiger partial charge in [-0.3, -0.25) is 4.79 Å². The molecule has 1 aromatic rings. The number of Topliss-reactive ketones (excluding diaryl/α,β-unsaturated/α-hetero) is 1. The van der Waals surface area contributed by atoms with Crippen molar-refractivity contribution in [3.8, 4) is 0 Å². The van der Waals surface area contributed by atoms with Crippen molar-refractivity contribution in [3.05, 3.63) is 0 Å². The first-order valence-corrected chi connectivity index (χ1v) is 9.83. The fourth-order valence-corrected chi connectivity index (χ4v) is 6.75. The van der Waals surface area contributed by atoms with Crippen LogP contribution in [0.3, 0.4) is 0 Å². The molecule has 4 aliphatic carbocycles. The summed E-state index contributed by atoms with van der Waals surface area (Å²) in [5.74, 6) is 2.88. The Balaban J connectivity index is 1.51. The van der Waals surface area contributed by atoms with Crippen LogP contribution in [-0.4, -0.2) is 31.2 Å². The molecule has 5 nitrogen and oxygen atoms in total. The van der Waals surface area contributed by atoms with Gasteiger partial charge in [0.2, 0.25) is 5.16 Å². The lowest BCUT2D eigenvalue weighted by atomic mass is 9.48. The lowest BCUT2D eigenvalue weighted by Gasteiger charge is -2.56. The molecule has 1 heterocycles. The van der Waals surface area contributed by atoms with Crippen molar-refractivity contribution in [3.63, 3.8) is 0 Å². The maximum absolute atomic E-state index is 13.3. The van der Waals surface area contributed by atoms with Crippen LogP contribution in [0.15, 0.2) is 5.16 Å². The number of rotatable bonds is 5. The predicted molar refractivity (Wildman–Crippen MR) is 89.1 cm³/mol. The minimum atomic E-state index is -0.0604. The van der Waals surface area contributed by atoms with Gasteiger partial charge in [-0.25, -0.2) is 4.68 Å². The van der Waals surface area contributed by atoms with E-state index in [1.54, 1.807) is 0 Å². The fraction of sp³-hybridized carbons (Fsp3) is 0.882. The van der Waals surface area contributed by atoms with Crippen LogP contribution < -0.4 is 0 Å². The zero-order chi connectivity index (χ0) is 16.2. The van der Waals surface area contributed by atoms with Gasteiger partial charge in [-0.15, -0.1) is 5.10 Å². The SMILES string of the molecule is CC(C)n1nnnc1S[C@@H](C)C(=O)C12CC3CC(CC(C3)C1)C2. The Hall–Kier alpha value is -0.910. The number of carbonyl (C=O) groups is 1. The van der Waals surface area contributed by atoms with Crippen molar-refractivity contribution < 1.29 is 4.79 Å². The first kappa shape index (κ1) is 15.6. The molecule has 0 saturated heterocycles. The van der Waals surface area contributed by atoms with Gasteiger partial charge in [-0.1, -0.05) is 11.8 Å². The van der Waals surface area contributed by atoms with Gasteiger partial charge in [-0.05, 0) is 87.5 Å². The zero-order valence-electron chi connectivity index (χ0n) is 14.2. The van der Waals surface area contributed by atoms with Crippen LogP contribution in [0.1, 0.15) is 65.3 Å². The van der Waals surface area contributed by atoms with E-state index in [0.717, 1.165) is 42.2 Å². The molecular formula is C17H26N4OS. The summed E-state index contributed by atoms with van der Waals surface area (Å²) in [6, 6.07) is 0.217. The average Bonchev–Trinajstić information content (AvgIpc) is 2.93. The van der Waals surface area contributed by atoms with Gasteiger partial charge < -0.3 is 0 Å². The highest BCUT2D eigenvalue weighted by molar-refractivity contribution is 8.00. The molecule has 6 heteroatoms. The topological polar surface area (TPSA) is 60.7 Å². The second kappa shape index (κ2) is 5.57. The normalized spacial score (nSPS) is 36.6. The molecule has 5 rings (SSSR count). The molecule has 0 unspecified atom stereocenters. The third-order valence-corrected chi connectivity index (χ3v) is 7.21. The lowest BCUT2D eigenvalue weighted by molar-refractivity contribution is -0.143. The fourth-order valence-electron chi connectivity index (χ4n) is 5.64. The maximum Gasteiger partial charge on any atom is 0.210 e. The highest BCUT2D eigenvalue weighted by Crippen LogP contribution is 2.61. The molecule has 4 saturated carbocycles. The van der Waals surface area contributed by atoms with Crippen LogP contribution in [0.2, 0.25) is 0 Å². The maximum atomic E-state index is 13.3. The third-order valence-electron chi connectivity index (χ3n) is 6.16. The van der Waals surface area contributed by atoms with E-state index >= 15 is 0 Å². The quantitative estimate of drug-likeness (QED) is 0.771. The van der Waals surface area contributed by atoms with Crippen LogP contribution in [0, 0.1) is 23.2 Å². The molecule has 1 aromatic heterocycles. The highest BCUT2D eigenvalue weighted by Gasteiger charge is 2.55. The van der Waals surface area contributed by atoms with Gasteiger partial charge in [0.1, 0.15) is 0 Å². The number of hydrogen-bond acceptors (Lipinski definition) is 5. The summed E-state index contributed by atoms with van der Waals surface area (Å²) < 4.78 is 1.81. The Morgan fingerprint density at radius 2 is 1.70 bits per heavy atom. The summed E-state index contributed by atoms with van der Waals surface area (Å²) >= 11 is 1.54. The summed E-state index contributed by atoms with van der Waals surface area (Å²) in [5.41, 5.74) is -0.0305. The van der Waals surface area contributed by atoms with Crippen molar-refractivity contribution in [1.29, 1.82) is 0 Å². The zero-order valence-corrected chi connectivity index (χ0v) is 15.1. The van der Waals surface area contributed by atoms with Gasteiger partial charge in [0.25, 0.3) is 0 Å². The van der Waals surface area contributed by atoms with E-state index in [0.29, 0.717) is 5.78 Å². The summed E-state index contributed by atoms with van der Waals surface area (Å²) in [4.78, 5) is 13.3. The Morgan fingerprint density at radius 3 is 2.22 bits per heavy atom. The molecule has 4 fully saturated rings. The van der Waals surface area contributed by atoms with Crippen LogP contribution in [-0.2, 0) is 4.79 Å². The molecule has 0 radical (unpaired) electrons. The smallest absolute Gasteiger partial charge is 0.210 e. The Kier molecular flexibility index (Phi) is 3.78. The molecular weight excluding hydrogens is 308 g/mol. The molecule has 0 aliphatic heterocycles. The van der Waals surface area contributed by atoms with Gasteiger partial charge >= 0.3 is 0 Å². The van der Waals surface area contributed by atoms with Gasteiger partial charge in [-0.2, -0.15) is 0 Å². The van der Waals surface area contributed by atoms with Crippen molar-refractivity contribution >= 4 is 17.5 Å². The van der Waals surface area contributed by atoms with E-state index in [-0.39, 0.29) is 16.7 Å². The van der Waals surface area contributed by atoms with Crippen LogP contribution in [0.5, 0.6) is 0 Å².